The number of benzene rings is 3. The highest BCUT2D eigenvalue weighted by atomic mass is 16.5. The normalized spacial score (nSPS) is 16.8. The number of piperazine rings is 1. The average molecular weight is 520 g/mol. The Morgan fingerprint density at radius 1 is 0.974 bits per heavy atom. The number of hydrogen-bond acceptors (Lipinski definition) is 6. The summed E-state index contributed by atoms with van der Waals surface area (Å²) in [7, 11) is 1.65. The van der Waals surface area contributed by atoms with E-state index >= 15 is 0 Å². The number of hydrogen-bond donors (Lipinski definition) is 0. The molecule has 3 aliphatic rings. The number of methoxy groups -OCH3 is 1. The van der Waals surface area contributed by atoms with Gasteiger partial charge in [-0.2, -0.15) is 5.26 Å². The molecule has 196 valence electrons. The van der Waals surface area contributed by atoms with E-state index in [0.29, 0.717) is 49.8 Å². The number of carbonyl (C=O) groups is 1. The summed E-state index contributed by atoms with van der Waals surface area (Å²) in [6.07, 6.45) is 1.89. The molecule has 3 aromatic carbocycles. The fraction of sp³-hybridized carbons (Fsp3) is 0.258. The minimum Gasteiger partial charge on any atom is -0.497 e. The molecule has 8 heteroatoms. The van der Waals surface area contributed by atoms with Gasteiger partial charge in [0.1, 0.15) is 29.1 Å². The molecule has 7 rings (SSSR count). The Balaban J connectivity index is 1.45. The van der Waals surface area contributed by atoms with Crippen molar-refractivity contribution < 1.29 is 14.3 Å². The van der Waals surface area contributed by atoms with Crippen LogP contribution in [0.5, 0.6) is 17.2 Å². The second kappa shape index (κ2) is 10.3. The van der Waals surface area contributed by atoms with Gasteiger partial charge in [-0.05, 0) is 65.6 Å². The van der Waals surface area contributed by atoms with Crippen molar-refractivity contribution >= 4 is 5.91 Å². The number of aryl methyl sites for hydroxylation is 1. The number of aromatic nitrogens is 2. The Hall–Kier alpha value is -4.61. The van der Waals surface area contributed by atoms with Gasteiger partial charge in [-0.25, -0.2) is 4.98 Å². The molecule has 4 aromatic rings. The third-order valence-corrected chi connectivity index (χ3v) is 7.49. The number of nitrogens with zero attached hydrogens (tertiary/aromatic N) is 5. The lowest BCUT2D eigenvalue weighted by molar-refractivity contribution is -0.136. The minimum absolute atomic E-state index is 0.0973. The highest BCUT2D eigenvalue weighted by Gasteiger charge is 2.26. The average Bonchev–Trinajstić information content (AvgIpc) is 3.28. The smallest absolute Gasteiger partial charge is 0.237 e. The molecular weight excluding hydrogens is 490 g/mol. The minimum atomic E-state index is 0.0973. The lowest BCUT2D eigenvalue weighted by Crippen LogP contribution is -2.49. The van der Waals surface area contributed by atoms with Gasteiger partial charge in [0, 0.05) is 38.9 Å². The van der Waals surface area contributed by atoms with Crippen molar-refractivity contribution in [2.75, 3.05) is 26.7 Å². The molecule has 0 spiro atoms. The van der Waals surface area contributed by atoms with Crippen LogP contribution < -0.4 is 9.47 Å². The number of fused-ring (bicyclic) bond motifs is 2. The van der Waals surface area contributed by atoms with E-state index in [1.54, 1.807) is 7.11 Å². The van der Waals surface area contributed by atoms with Crippen molar-refractivity contribution in [1.82, 2.24) is 19.4 Å². The highest BCUT2D eigenvalue weighted by molar-refractivity contribution is 5.79. The predicted octanol–water partition coefficient (Wildman–Crippen LogP) is 4.74. The fourth-order valence-corrected chi connectivity index (χ4v) is 5.32. The van der Waals surface area contributed by atoms with Crippen molar-refractivity contribution in [2.45, 2.75) is 26.6 Å². The molecule has 1 fully saturated rings. The molecule has 3 aliphatic heterocycles. The number of rotatable bonds is 2. The van der Waals surface area contributed by atoms with Crippen LogP contribution in [0.25, 0.3) is 11.1 Å². The Labute approximate surface area is 227 Å². The molecule has 1 atom stereocenters. The van der Waals surface area contributed by atoms with E-state index in [4.69, 9.17) is 9.47 Å². The summed E-state index contributed by atoms with van der Waals surface area (Å²) in [5.74, 6) is 2.91. The topological polar surface area (TPSA) is 83.6 Å². The Morgan fingerprint density at radius 3 is 2.59 bits per heavy atom. The second-order valence-electron chi connectivity index (χ2n) is 10.0. The van der Waals surface area contributed by atoms with Gasteiger partial charge < -0.3 is 18.9 Å². The molecule has 0 aliphatic carbocycles. The molecule has 1 aromatic heterocycles. The van der Waals surface area contributed by atoms with Gasteiger partial charge in [0.05, 0.1) is 24.9 Å². The molecule has 0 N–H and O–H groups in total. The lowest BCUT2D eigenvalue weighted by atomic mass is 9.98. The van der Waals surface area contributed by atoms with Crippen LogP contribution in [0.4, 0.5) is 0 Å². The number of carbonyl (C=O) groups excluding carboxylic acids is 1. The number of ether oxygens (including phenoxy) is 2. The summed E-state index contributed by atoms with van der Waals surface area (Å²) in [6, 6.07) is 21.8. The van der Waals surface area contributed by atoms with Crippen LogP contribution in [0.15, 0.2) is 66.9 Å². The molecule has 0 radical (unpaired) electrons. The maximum Gasteiger partial charge on any atom is 0.237 e. The van der Waals surface area contributed by atoms with Gasteiger partial charge in [0.2, 0.25) is 5.91 Å². The molecule has 1 amide bonds. The van der Waals surface area contributed by atoms with E-state index in [9.17, 15) is 10.1 Å². The molecule has 1 saturated heterocycles. The standard InChI is InChI=1S/C31H29N5O3/c1-21-33-16-26-19-34-11-12-35(31(37)20-34)18-25-14-28(9-10-29(25)23-5-7-27(38-2)8-6-23)39-30-13-22(17-36(21)26)3-4-24(30)15-32/h3-10,13-14,16H,11-12,17-20H2,1-2H3. The zero-order valence-corrected chi connectivity index (χ0v) is 22.1. The number of imidazole rings is 1. The Morgan fingerprint density at radius 2 is 1.82 bits per heavy atom. The van der Waals surface area contributed by atoms with Gasteiger partial charge >= 0.3 is 0 Å². The van der Waals surface area contributed by atoms with Crippen molar-refractivity contribution in [3.8, 4) is 34.4 Å². The number of nitriles is 1. The second-order valence-corrected chi connectivity index (χ2v) is 10.0. The summed E-state index contributed by atoms with van der Waals surface area (Å²) in [4.78, 5) is 22.0. The first-order valence-corrected chi connectivity index (χ1v) is 13.0. The van der Waals surface area contributed by atoms with Crippen molar-refractivity contribution in [1.29, 1.82) is 5.26 Å². The fourth-order valence-electron chi connectivity index (χ4n) is 5.32. The first-order valence-electron chi connectivity index (χ1n) is 13.0. The van der Waals surface area contributed by atoms with Gasteiger partial charge in [-0.1, -0.05) is 24.3 Å². The van der Waals surface area contributed by atoms with Crippen LogP contribution >= 0.6 is 0 Å². The van der Waals surface area contributed by atoms with Crippen molar-refractivity contribution in [3.63, 3.8) is 0 Å². The van der Waals surface area contributed by atoms with E-state index in [2.05, 4.69) is 20.5 Å². The van der Waals surface area contributed by atoms with Crippen LogP contribution in [0, 0.1) is 18.3 Å². The summed E-state index contributed by atoms with van der Waals surface area (Å²) in [5.41, 5.74) is 5.56. The lowest BCUT2D eigenvalue weighted by Gasteiger charge is -2.35. The summed E-state index contributed by atoms with van der Waals surface area (Å²) in [5, 5.41) is 9.78. The Bertz CT molecular complexity index is 1590. The van der Waals surface area contributed by atoms with Crippen LogP contribution in [0.2, 0.25) is 0 Å². The highest BCUT2D eigenvalue weighted by Crippen LogP contribution is 2.34. The first kappa shape index (κ1) is 24.7. The SMILES string of the molecule is COc1ccc(-c2ccc3cc2CN2CCN(CC2=O)Cc2cnc(C)n2Cc2ccc(C#N)c(c2)O3)cc1. The maximum absolute atomic E-state index is 13.3. The zero-order chi connectivity index (χ0) is 26.9. The molecule has 6 bridgehead atoms. The van der Waals surface area contributed by atoms with Gasteiger partial charge in [-0.15, -0.1) is 0 Å². The van der Waals surface area contributed by atoms with E-state index < -0.39 is 0 Å². The molecule has 1 unspecified atom stereocenters. The largest absolute Gasteiger partial charge is 0.497 e. The first-order chi connectivity index (χ1) is 19.0. The quantitative estimate of drug-likeness (QED) is 0.381. The monoisotopic (exact) mass is 519 g/mol. The van der Waals surface area contributed by atoms with Crippen LogP contribution in [0.3, 0.4) is 0 Å². The van der Waals surface area contributed by atoms with E-state index in [1.165, 1.54) is 0 Å². The van der Waals surface area contributed by atoms with Crippen molar-refractivity contribution in [2.24, 2.45) is 0 Å². The summed E-state index contributed by atoms with van der Waals surface area (Å²) < 4.78 is 13.8. The molecule has 0 saturated carbocycles. The summed E-state index contributed by atoms with van der Waals surface area (Å²) in [6.45, 7) is 5.47. The molecule has 8 nitrogen and oxygen atoms in total. The number of amides is 1. The van der Waals surface area contributed by atoms with E-state index in [-0.39, 0.29) is 5.91 Å². The predicted molar refractivity (Wildman–Crippen MR) is 146 cm³/mol. The third-order valence-electron chi connectivity index (χ3n) is 7.49. The van der Waals surface area contributed by atoms with Crippen molar-refractivity contribution in [3.05, 3.63) is 95.1 Å². The molecule has 4 heterocycles. The van der Waals surface area contributed by atoms with E-state index in [1.807, 2.05) is 78.7 Å². The molecule has 39 heavy (non-hydrogen) atoms. The van der Waals surface area contributed by atoms with Crippen LogP contribution in [-0.2, 0) is 24.4 Å². The Kier molecular flexibility index (Phi) is 6.51. The van der Waals surface area contributed by atoms with E-state index in [0.717, 1.165) is 46.1 Å². The summed E-state index contributed by atoms with van der Waals surface area (Å²) >= 11 is 0. The van der Waals surface area contributed by atoms with Gasteiger partial charge in [0.25, 0.3) is 0 Å². The third kappa shape index (κ3) is 4.97. The van der Waals surface area contributed by atoms with Crippen LogP contribution in [-0.4, -0.2) is 52.0 Å². The molecular formula is C31H29N5O3. The van der Waals surface area contributed by atoms with Gasteiger partial charge in [-0.3, -0.25) is 9.69 Å². The van der Waals surface area contributed by atoms with Gasteiger partial charge in [0.15, 0.2) is 0 Å². The van der Waals surface area contributed by atoms with Crippen LogP contribution in [0.1, 0.15) is 28.2 Å². The maximum atomic E-state index is 13.3. The zero-order valence-electron chi connectivity index (χ0n) is 22.1.